The van der Waals surface area contributed by atoms with Crippen molar-refractivity contribution in [3.05, 3.63) is 130 Å². The Hall–Kier alpha value is -3.85. The minimum Gasteiger partial charge on any atom is -0.352 e. The summed E-state index contributed by atoms with van der Waals surface area (Å²) in [6.07, 6.45) is 0.919. The maximum atomic E-state index is 14.4. The summed E-state index contributed by atoms with van der Waals surface area (Å²) in [5.41, 5.74) is 1.77. The number of amides is 2. The zero-order valence-electron chi connectivity index (χ0n) is 24.6. The summed E-state index contributed by atoms with van der Waals surface area (Å²) in [7, 11) is -4.20. The van der Waals surface area contributed by atoms with Crippen LogP contribution in [0.4, 0.5) is 5.69 Å². The number of anilines is 1. The van der Waals surface area contributed by atoms with Gasteiger partial charge in [0.2, 0.25) is 11.8 Å². The summed E-state index contributed by atoms with van der Waals surface area (Å²) in [6.45, 7) is 3.32. The van der Waals surface area contributed by atoms with Crippen molar-refractivity contribution in [2.75, 3.05) is 10.8 Å². The van der Waals surface area contributed by atoms with Crippen molar-refractivity contribution in [1.29, 1.82) is 0 Å². The minimum absolute atomic E-state index is 0.0181. The van der Waals surface area contributed by atoms with Gasteiger partial charge in [-0.1, -0.05) is 96.9 Å². The molecule has 4 aromatic rings. The number of nitrogens with one attached hydrogen (secondary N) is 1. The molecular weight excluding hydrogens is 617 g/mol. The van der Waals surface area contributed by atoms with E-state index in [2.05, 4.69) is 5.32 Å². The Balaban J connectivity index is 1.80. The largest absolute Gasteiger partial charge is 0.352 e. The smallest absolute Gasteiger partial charge is 0.264 e. The molecule has 1 N–H and O–H groups in total. The van der Waals surface area contributed by atoms with Crippen molar-refractivity contribution in [2.45, 2.75) is 50.2 Å². The van der Waals surface area contributed by atoms with Crippen molar-refractivity contribution in [1.82, 2.24) is 10.2 Å². The Morgan fingerprint density at radius 1 is 0.795 bits per heavy atom. The van der Waals surface area contributed by atoms with Gasteiger partial charge in [-0.2, -0.15) is 0 Å². The van der Waals surface area contributed by atoms with Crippen molar-refractivity contribution in [2.24, 2.45) is 0 Å². The normalized spacial score (nSPS) is 12.6. The van der Waals surface area contributed by atoms with Crippen LogP contribution in [-0.4, -0.2) is 43.8 Å². The fourth-order valence-electron chi connectivity index (χ4n) is 4.71. The molecular formula is C34H35Cl2N3O4S. The summed E-state index contributed by atoms with van der Waals surface area (Å²) in [5.74, 6) is -0.900. The first-order valence-corrected chi connectivity index (χ1v) is 16.5. The molecule has 44 heavy (non-hydrogen) atoms. The Bertz CT molecular complexity index is 1670. The highest BCUT2D eigenvalue weighted by Gasteiger charge is 2.35. The van der Waals surface area contributed by atoms with Crippen LogP contribution >= 0.6 is 23.2 Å². The molecule has 0 saturated carbocycles. The van der Waals surface area contributed by atoms with Gasteiger partial charge >= 0.3 is 0 Å². The predicted molar refractivity (Wildman–Crippen MR) is 176 cm³/mol. The zero-order valence-corrected chi connectivity index (χ0v) is 26.9. The second kappa shape index (κ2) is 15.2. The van der Waals surface area contributed by atoms with E-state index in [1.807, 2.05) is 50.2 Å². The Morgan fingerprint density at radius 2 is 1.39 bits per heavy atom. The van der Waals surface area contributed by atoms with Crippen LogP contribution in [-0.2, 0) is 32.6 Å². The number of sulfonamides is 1. The second-order valence-corrected chi connectivity index (χ2v) is 13.2. The lowest BCUT2D eigenvalue weighted by molar-refractivity contribution is -0.140. The Kier molecular flexibility index (Phi) is 11.4. The Morgan fingerprint density at radius 3 is 2.00 bits per heavy atom. The third kappa shape index (κ3) is 8.62. The molecule has 0 aliphatic rings. The van der Waals surface area contributed by atoms with E-state index in [-0.39, 0.29) is 35.5 Å². The monoisotopic (exact) mass is 651 g/mol. The molecule has 0 heterocycles. The average molecular weight is 653 g/mol. The molecule has 230 valence electrons. The molecule has 2 amide bonds. The standard InChI is InChI=1S/C34H35Cl2N3O4S/c1-3-25(2)37-34(41)32(21-26-12-6-4-7-13-26)38(23-27-14-10-15-28(35)20-27)33(40)24-39(30-17-11-16-29(36)22-30)44(42,43)31-18-8-5-9-19-31/h4-20,22,25,32H,3,21,23-24H2,1-2H3,(H,37,41)/t25-,32-/m1/s1. The van der Waals surface area contributed by atoms with Crippen LogP contribution in [0.1, 0.15) is 31.4 Å². The predicted octanol–water partition coefficient (Wildman–Crippen LogP) is 6.74. The van der Waals surface area contributed by atoms with E-state index < -0.39 is 28.5 Å². The van der Waals surface area contributed by atoms with Gasteiger partial charge in [-0.15, -0.1) is 0 Å². The number of carbonyl (C=O) groups is 2. The lowest BCUT2D eigenvalue weighted by Crippen LogP contribution is -2.54. The molecule has 0 bridgehead atoms. The molecule has 2 atom stereocenters. The lowest BCUT2D eigenvalue weighted by atomic mass is 10.0. The lowest BCUT2D eigenvalue weighted by Gasteiger charge is -2.34. The van der Waals surface area contributed by atoms with E-state index in [1.165, 1.54) is 23.1 Å². The van der Waals surface area contributed by atoms with Crippen LogP contribution in [0, 0.1) is 0 Å². The molecule has 4 aromatic carbocycles. The van der Waals surface area contributed by atoms with Crippen LogP contribution < -0.4 is 9.62 Å². The SMILES string of the molecule is CC[C@@H](C)NC(=O)[C@@H](Cc1ccccc1)N(Cc1cccc(Cl)c1)C(=O)CN(c1cccc(Cl)c1)S(=O)(=O)c1ccccc1. The molecule has 0 aliphatic heterocycles. The molecule has 10 heteroatoms. The highest BCUT2D eigenvalue weighted by molar-refractivity contribution is 7.92. The molecule has 0 spiro atoms. The summed E-state index contributed by atoms with van der Waals surface area (Å²) >= 11 is 12.6. The van der Waals surface area contributed by atoms with Gasteiger partial charge in [0.05, 0.1) is 10.6 Å². The fraction of sp³-hybridized carbons (Fsp3) is 0.235. The van der Waals surface area contributed by atoms with Gasteiger partial charge in [0.1, 0.15) is 12.6 Å². The van der Waals surface area contributed by atoms with Gasteiger partial charge in [0, 0.05) is 29.1 Å². The van der Waals surface area contributed by atoms with E-state index in [1.54, 1.807) is 54.6 Å². The topological polar surface area (TPSA) is 86.8 Å². The van der Waals surface area contributed by atoms with Crippen molar-refractivity contribution >= 4 is 50.7 Å². The first-order chi connectivity index (χ1) is 21.1. The number of halogens is 2. The van der Waals surface area contributed by atoms with Crippen LogP contribution in [0.25, 0.3) is 0 Å². The van der Waals surface area contributed by atoms with Crippen LogP contribution in [0.5, 0.6) is 0 Å². The highest BCUT2D eigenvalue weighted by atomic mass is 35.5. The van der Waals surface area contributed by atoms with E-state index in [0.717, 1.165) is 9.87 Å². The number of benzene rings is 4. The average Bonchev–Trinajstić information content (AvgIpc) is 3.02. The first kappa shape index (κ1) is 33.1. The van der Waals surface area contributed by atoms with Crippen LogP contribution in [0.3, 0.4) is 0 Å². The van der Waals surface area contributed by atoms with Gasteiger partial charge in [0.25, 0.3) is 10.0 Å². The summed E-state index contributed by atoms with van der Waals surface area (Å²) in [6, 6.07) is 29.6. The number of hydrogen-bond acceptors (Lipinski definition) is 4. The first-order valence-electron chi connectivity index (χ1n) is 14.3. The maximum absolute atomic E-state index is 14.4. The minimum atomic E-state index is -4.20. The molecule has 0 unspecified atom stereocenters. The molecule has 0 saturated heterocycles. The quantitative estimate of drug-likeness (QED) is 0.173. The molecule has 7 nitrogen and oxygen atoms in total. The van der Waals surface area contributed by atoms with Gasteiger partial charge in [-0.05, 0) is 66.9 Å². The Labute approximate surface area is 269 Å². The van der Waals surface area contributed by atoms with Crippen LogP contribution in [0.15, 0.2) is 114 Å². The van der Waals surface area contributed by atoms with E-state index >= 15 is 0 Å². The van der Waals surface area contributed by atoms with Crippen molar-refractivity contribution < 1.29 is 18.0 Å². The third-order valence-corrected chi connectivity index (χ3v) is 9.48. The van der Waals surface area contributed by atoms with E-state index in [0.29, 0.717) is 22.0 Å². The molecule has 0 aliphatic carbocycles. The molecule has 4 rings (SSSR count). The number of nitrogens with zero attached hydrogens (tertiary/aromatic N) is 2. The number of carbonyl (C=O) groups excluding carboxylic acids is 2. The fourth-order valence-corrected chi connectivity index (χ4v) is 6.53. The van der Waals surface area contributed by atoms with E-state index in [9.17, 15) is 18.0 Å². The number of rotatable bonds is 13. The third-order valence-electron chi connectivity index (χ3n) is 7.22. The van der Waals surface area contributed by atoms with E-state index in [4.69, 9.17) is 23.2 Å². The van der Waals surface area contributed by atoms with Gasteiger partial charge in [-0.25, -0.2) is 8.42 Å². The number of hydrogen-bond donors (Lipinski definition) is 1. The zero-order chi connectivity index (χ0) is 31.7. The highest BCUT2D eigenvalue weighted by Crippen LogP contribution is 2.27. The van der Waals surface area contributed by atoms with Crippen LogP contribution in [0.2, 0.25) is 10.0 Å². The van der Waals surface area contributed by atoms with Gasteiger partial charge in [-0.3, -0.25) is 13.9 Å². The molecule has 0 fully saturated rings. The van der Waals surface area contributed by atoms with Gasteiger partial charge < -0.3 is 10.2 Å². The summed E-state index contributed by atoms with van der Waals surface area (Å²) < 4.78 is 29.0. The van der Waals surface area contributed by atoms with Crippen molar-refractivity contribution in [3.8, 4) is 0 Å². The summed E-state index contributed by atoms with van der Waals surface area (Å²) in [5, 5.41) is 3.81. The van der Waals surface area contributed by atoms with Crippen molar-refractivity contribution in [3.63, 3.8) is 0 Å². The summed E-state index contributed by atoms with van der Waals surface area (Å²) in [4.78, 5) is 29.8. The second-order valence-electron chi connectivity index (χ2n) is 10.5. The van der Waals surface area contributed by atoms with Gasteiger partial charge in [0.15, 0.2) is 0 Å². The maximum Gasteiger partial charge on any atom is 0.264 e. The molecule has 0 radical (unpaired) electrons. The molecule has 0 aromatic heterocycles.